The Bertz CT molecular complexity index is 1640. The number of hydrogen-bond donors (Lipinski definition) is 3. The standard InChI is InChI=1S/C30H20Cl3N3O5/c31-21-10-5-19(6-11-21)28(38)34-23-13-7-20(8-14-23)29(39)36-35-27(37)16-9-18-3-1-2-4-26(18)41-30(40)24-15-12-22(32)17-25(24)33/h1-17H,(H,34,38)(H,35,37)(H,36,39)/b16-9+. The number of halogens is 3. The molecule has 8 nitrogen and oxygen atoms in total. The van der Waals surface area contributed by atoms with Crippen molar-refractivity contribution in [2.75, 3.05) is 5.32 Å². The Balaban J connectivity index is 1.31. The topological polar surface area (TPSA) is 114 Å². The highest BCUT2D eigenvalue weighted by molar-refractivity contribution is 6.36. The van der Waals surface area contributed by atoms with Crippen molar-refractivity contribution in [3.63, 3.8) is 0 Å². The third-order valence-corrected chi connectivity index (χ3v) is 6.30. The zero-order chi connectivity index (χ0) is 29.4. The number of amides is 3. The van der Waals surface area contributed by atoms with Gasteiger partial charge in [-0.25, -0.2) is 4.79 Å². The van der Waals surface area contributed by atoms with Gasteiger partial charge in [-0.15, -0.1) is 0 Å². The van der Waals surface area contributed by atoms with Crippen LogP contribution in [0.1, 0.15) is 36.6 Å². The Morgan fingerprint density at radius 2 is 1.32 bits per heavy atom. The lowest BCUT2D eigenvalue weighted by atomic mass is 10.1. The van der Waals surface area contributed by atoms with Gasteiger partial charge in [0.25, 0.3) is 17.7 Å². The van der Waals surface area contributed by atoms with Crippen LogP contribution in [0.5, 0.6) is 5.75 Å². The van der Waals surface area contributed by atoms with Crippen molar-refractivity contribution in [2.45, 2.75) is 0 Å². The third kappa shape index (κ3) is 8.18. The number of benzene rings is 4. The average molecular weight is 609 g/mol. The van der Waals surface area contributed by atoms with Crippen molar-refractivity contribution in [1.29, 1.82) is 0 Å². The number of nitrogens with one attached hydrogen (secondary N) is 3. The number of para-hydroxylation sites is 1. The largest absolute Gasteiger partial charge is 0.422 e. The number of rotatable bonds is 7. The second-order valence-corrected chi connectivity index (χ2v) is 9.65. The van der Waals surface area contributed by atoms with Crippen LogP contribution < -0.4 is 20.9 Å². The molecular formula is C30H20Cl3N3O5. The van der Waals surface area contributed by atoms with Gasteiger partial charge in [0, 0.05) is 38.5 Å². The van der Waals surface area contributed by atoms with Crippen LogP contribution in [0.4, 0.5) is 5.69 Å². The minimum Gasteiger partial charge on any atom is -0.422 e. The number of esters is 1. The number of hydrogen-bond acceptors (Lipinski definition) is 5. The molecule has 0 saturated heterocycles. The first-order valence-electron chi connectivity index (χ1n) is 11.9. The molecule has 0 aliphatic rings. The summed E-state index contributed by atoms with van der Waals surface area (Å²) in [5, 5.41) is 3.76. The minimum atomic E-state index is -0.695. The molecule has 0 aromatic heterocycles. The highest BCUT2D eigenvalue weighted by Gasteiger charge is 2.15. The van der Waals surface area contributed by atoms with Crippen molar-refractivity contribution in [3.8, 4) is 5.75 Å². The lowest BCUT2D eigenvalue weighted by Crippen LogP contribution is -2.40. The predicted molar refractivity (Wildman–Crippen MR) is 158 cm³/mol. The molecular weight excluding hydrogens is 589 g/mol. The van der Waals surface area contributed by atoms with E-state index in [2.05, 4.69) is 16.2 Å². The fraction of sp³-hybridized carbons (Fsp3) is 0. The van der Waals surface area contributed by atoms with E-state index in [1.807, 2.05) is 0 Å². The Morgan fingerprint density at radius 1 is 0.683 bits per heavy atom. The average Bonchev–Trinajstić information content (AvgIpc) is 2.96. The van der Waals surface area contributed by atoms with Crippen LogP contribution in [0.15, 0.2) is 97.1 Å². The number of carbonyl (C=O) groups excluding carboxylic acids is 4. The Kier molecular flexibility index (Phi) is 9.76. The molecule has 4 aromatic rings. The van der Waals surface area contributed by atoms with Crippen LogP contribution in [0.2, 0.25) is 15.1 Å². The molecule has 3 N–H and O–H groups in total. The van der Waals surface area contributed by atoms with E-state index < -0.39 is 17.8 Å². The van der Waals surface area contributed by atoms with E-state index in [0.29, 0.717) is 26.9 Å². The first-order valence-corrected chi connectivity index (χ1v) is 13.0. The van der Waals surface area contributed by atoms with E-state index >= 15 is 0 Å². The maximum absolute atomic E-state index is 12.6. The van der Waals surface area contributed by atoms with Crippen LogP contribution >= 0.6 is 34.8 Å². The van der Waals surface area contributed by atoms with E-state index in [1.54, 1.807) is 60.7 Å². The van der Waals surface area contributed by atoms with Gasteiger partial charge >= 0.3 is 5.97 Å². The van der Waals surface area contributed by atoms with Gasteiger partial charge in [-0.3, -0.25) is 25.2 Å². The molecule has 206 valence electrons. The van der Waals surface area contributed by atoms with Crippen molar-refractivity contribution < 1.29 is 23.9 Å². The van der Waals surface area contributed by atoms with Crippen molar-refractivity contribution in [1.82, 2.24) is 10.9 Å². The first-order chi connectivity index (χ1) is 19.7. The quantitative estimate of drug-likeness (QED) is 0.0948. The van der Waals surface area contributed by atoms with E-state index in [4.69, 9.17) is 39.5 Å². The van der Waals surface area contributed by atoms with E-state index in [-0.39, 0.29) is 27.8 Å². The molecule has 11 heteroatoms. The maximum Gasteiger partial charge on any atom is 0.345 e. The van der Waals surface area contributed by atoms with E-state index in [0.717, 1.165) is 6.08 Å². The molecule has 0 radical (unpaired) electrons. The summed E-state index contributed by atoms with van der Waals surface area (Å²) in [5.74, 6) is -2.04. The first kappa shape index (κ1) is 29.4. The Morgan fingerprint density at radius 3 is 2.02 bits per heavy atom. The van der Waals surface area contributed by atoms with Gasteiger partial charge in [0.15, 0.2) is 0 Å². The van der Waals surface area contributed by atoms with Gasteiger partial charge < -0.3 is 10.1 Å². The second kappa shape index (κ2) is 13.6. The molecule has 0 bridgehead atoms. The zero-order valence-corrected chi connectivity index (χ0v) is 23.3. The number of anilines is 1. The Labute approximate surface area is 249 Å². The van der Waals surface area contributed by atoms with Crippen LogP contribution in [0.25, 0.3) is 6.08 Å². The molecule has 41 heavy (non-hydrogen) atoms. The molecule has 0 saturated carbocycles. The maximum atomic E-state index is 12.6. The zero-order valence-electron chi connectivity index (χ0n) is 21.0. The van der Waals surface area contributed by atoms with Crippen molar-refractivity contribution in [3.05, 3.63) is 134 Å². The van der Waals surface area contributed by atoms with Gasteiger partial charge in [0.1, 0.15) is 5.75 Å². The summed E-state index contributed by atoms with van der Waals surface area (Å²) in [6.07, 6.45) is 2.59. The number of carbonyl (C=O) groups is 4. The van der Waals surface area contributed by atoms with E-state index in [9.17, 15) is 19.2 Å². The molecule has 0 aliphatic carbocycles. The van der Waals surface area contributed by atoms with Crippen LogP contribution in [-0.2, 0) is 4.79 Å². The highest BCUT2D eigenvalue weighted by atomic mass is 35.5. The third-order valence-electron chi connectivity index (χ3n) is 5.50. The van der Waals surface area contributed by atoms with E-state index in [1.165, 1.54) is 36.4 Å². The summed E-state index contributed by atoms with van der Waals surface area (Å²) < 4.78 is 5.45. The lowest BCUT2D eigenvalue weighted by molar-refractivity contribution is -0.117. The molecule has 0 heterocycles. The van der Waals surface area contributed by atoms with Crippen LogP contribution in [0, 0.1) is 0 Å². The second-order valence-electron chi connectivity index (χ2n) is 8.37. The van der Waals surface area contributed by atoms with Gasteiger partial charge in [0.2, 0.25) is 0 Å². The summed E-state index contributed by atoms with van der Waals surface area (Å²) in [6.45, 7) is 0. The van der Waals surface area contributed by atoms with Crippen LogP contribution in [-0.4, -0.2) is 23.7 Å². The SMILES string of the molecule is O=C(/C=C/c1ccccc1OC(=O)c1ccc(Cl)cc1Cl)NNC(=O)c1ccc(NC(=O)c2ccc(Cl)cc2)cc1. The molecule has 0 atom stereocenters. The molecule has 4 rings (SSSR count). The van der Waals surface area contributed by atoms with Crippen molar-refractivity contribution >= 4 is 70.3 Å². The molecule has 0 aliphatic heterocycles. The highest BCUT2D eigenvalue weighted by Crippen LogP contribution is 2.25. The lowest BCUT2D eigenvalue weighted by Gasteiger charge is -2.09. The summed E-state index contributed by atoms with van der Waals surface area (Å²) in [5.41, 5.74) is 6.30. The fourth-order valence-corrected chi connectivity index (χ4v) is 4.04. The molecule has 0 spiro atoms. The molecule has 4 aromatic carbocycles. The normalized spacial score (nSPS) is 10.6. The fourth-order valence-electron chi connectivity index (χ4n) is 3.43. The number of hydrazine groups is 1. The summed E-state index contributed by atoms with van der Waals surface area (Å²) >= 11 is 17.8. The monoisotopic (exact) mass is 607 g/mol. The predicted octanol–water partition coefficient (Wildman–Crippen LogP) is 6.59. The van der Waals surface area contributed by atoms with Gasteiger partial charge in [-0.05, 0) is 78.9 Å². The minimum absolute atomic E-state index is 0.132. The van der Waals surface area contributed by atoms with Crippen LogP contribution in [0.3, 0.4) is 0 Å². The molecule has 0 unspecified atom stereocenters. The van der Waals surface area contributed by atoms with Gasteiger partial charge in [-0.1, -0.05) is 53.0 Å². The van der Waals surface area contributed by atoms with Gasteiger partial charge in [0.05, 0.1) is 10.6 Å². The smallest absolute Gasteiger partial charge is 0.345 e. The van der Waals surface area contributed by atoms with Gasteiger partial charge in [-0.2, -0.15) is 0 Å². The molecule has 3 amide bonds. The number of ether oxygens (including phenoxy) is 1. The Hall–Kier alpha value is -4.63. The van der Waals surface area contributed by atoms with Crippen molar-refractivity contribution in [2.24, 2.45) is 0 Å². The summed E-state index contributed by atoms with van der Waals surface area (Å²) in [6, 6.07) is 23.5. The summed E-state index contributed by atoms with van der Waals surface area (Å²) in [7, 11) is 0. The summed E-state index contributed by atoms with van der Waals surface area (Å²) in [4.78, 5) is 49.7. The molecule has 0 fully saturated rings.